The van der Waals surface area contributed by atoms with Crippen LogP contribution < -0.4 is 0 Å². The lowest BCUT2D eigenvalue weighted by molar-refractivity contribution is 0.622. The van der Waals surface area contributed by atoms with E-state index in [0.717, 1.165) is 55.4 Å². The molecule has 4 nitrogen and oxygen atoms in total. The SMILES string of the molecule is c1ccc(-c2ccc3c(c2)oc2ccc4nc(-c5ccc(-n6c7ccccc7c7c8ccccc8ccc76)cc5)oc4c23)cc1. The van der Waals surface area contributed by atoms with Gasteiger partial charge in [-0.15, -0.1) is 0 Å². The Kier molecular flexibility index (Phi) is 4.96. The topological polar surface area (TPSA) is 44.1 Å². The molecular weight excluding hydrogens is 552 g/mol. The molecule has 3 heterocycles. The van der Waals surface area contributed by atoms with Crippen LogP contribution in [0.4, 0.5) is 0 Å². The molecule has 0 fully saturated rings. The van der Waals surface area contributed by atoms with Gasteiger partial charge in [0.2, 0.25) is 5.89 Å². The van der Waals surface area contributed by atoms with E-state index in [1.165, 1.54) is 32.6 Å². The highest BCUT2D eigenvalue weighted by Crippen LogP contribution is 2.40. The molecule has 3 aromatic heterocycles. The van der Waals surface area contributed by atoms with Crippen LogP contribution in [0.5, 0.6) is 0 Å². The van der Waals surface area contributed by atoms with Gasteiger partial charge in [0.1, 0.15) is 16.7 Å². The number of benzene rings is 7. The molecule has 0 aliphatic carbocycles. The molecule has 7 aromatic carbocycles. The molecule has 4 heteroatoms. The van der Waals surface area contributed by atoms with E-state index in [9.17, 15) is 0 Å². The minimum Gasteiger partial charge on any atom is -0.456 e. The van der Waals surface area contributed by atoms with Gasteiger partial charge in [0.25, 0.3) is 0 Å². The smallest absolute Gasteiger partial charge is 0.227 e. The van der Waals surface area contributed by atoms with Gasteiger partial charge in [-0.25, -0.2) is 4.98 Å². The number of hydrogen-bond acceptors (Lipinski definition) is 3. The standard InChI is InChI=1S/C41H24N2O2/c1-2-8-25(9-3-1)28-16-20-32-37(24-28)44-36-23-21-33-40(39(32)36)45-41(42-33)27-14-18-29(19-15-27)43-34-13-7-6-12-31(34)38-30-11-5-4-10-26(30)17-22-35(38)43/h1-24H. The van der Waals surface area contributed by atoms with Crippen LogP contribution in [0.15, 0.2) is 154 Å². The zero-order valence-electron chi connectivity index (χ0n) is 24.1. The van der Waals surface area contributed by atoms with E-state index >= 15 is 0 Å². The second-order valence-electron chi connectivity index (χ2n) is 11.6. The Balaban J connectivity index is 1.09. The van der Waals surface area contributed by atoms with Gasteiger partial charge in [0.05, 0.1) is 16.4 Å². The third-order valence-electron chi connectivity index (χ3n) is 9.03. The van der Waals surface area contributed by atoms with Gasteiger partial charge in [-0.1, -0.05) is 84.9 Å². The first-order chi connectivity index (χ1) is 22.3. The van der Waals surface area contributed by atoms with Gasteiger partial charge in [0.15, 0.2) is 5.58 Å². The number of furan rings is 1. The van der Waals surface area contributed by atoms with E-state index in [-0.39, 0.29) is 0 Å². The molecule has 0 radical (unpaired) electrons. The molecule has 0 N–H and O–H groups in total. The monoisotopic (exact) mass is 576 g/mol. The number of aromatic nitrogens is 2. The van der Waals surface area contributed by atoms with Crippen LogP contribution in [-0.4, -0.2) is 9.55 Å². The lowest BCUT2D eigenvalue weighted by Gasteiger charge is -2.09. The number of hydrogen-bond donors (Lipinski definition) is 0. The molecule has 0 saturated carbocycles. The molecule has 210 valence electrons. The number of rotatable bonds is 3. The first-order valence-corrected chi connectivity index (χ1v) is 15.1. The fraction of sp³-hybridized carbons (Fsp3) is 0. The Morgan fingerprint density at radius 3 is 2.13 bits per heavy atom. The number of para-hydroxylation sites is 1. The van der Waals surface area contributed by atoms with Crippen LogP contribution in [-0.2, 0) is 0 Å². The maximum absolute atomic E-state index is 6.49. The third kappa shape index (κ3) is 3.57. The molecule has 10 aromatic rings. The summed E-state index contributed by atoms with van der Waals surface area (Å²) in [6.45, 7) is 0. The molecule has 0 spiro atoms. The van der Waals surface area contributed by atoms with E-state index in [0.29, 0.717) is 5.89 Å². The van der Waals surface area contributed by atoms with Crippen LogP contribution in [0.1, 0.15) is 0 Å². The van der Waals surface area contributed by atoms with Crippen molar-refractivity contribution in [3.63, 3.8) is 0 Å². The Labute approximate surface area is 257 Å². The van der Waals surface area contributed by atoms with Gasteiger partial charge in [0, 0.05) is 27.4 Å². The van der Waals surface area contributed by atoms with Crippen LogP contribution in [0.3, 0.4) is 0 Å². The molecule has 45 heavy (non-hydrogen) atoms. The maximum atomic E-state index is 6.49. The average Bonchev–Trinajstić information content (AvgIpc) is 3.80. The summed E-state index contributed by atoms with van der Waals surface area (Å²) in [7, 11) is 0. The molecule has 0 aliphatic heterocycles. The highest BCUT2D eigenvalue weighted by atomic mass is 16.4. The summed E-state index contributed by atoms with van der Waals surface area (Å²) < 4.78 is 15.1. The molecule has 0 saturated heterocycles. The molecule has 0 aliphatic rings. The Hall–Kier alpha value is -6.13. The Morgan fingerprint density at radius 1 is 0.467 bits per heavy atom. The average molecular weight is 577 g/mol. The zero-order chi connectivity index (χ0) is 29.5. The summed E-state index contributed by atoms with van der Waals surface area (Å²) in [6.07, 6.45) is 0. The molecule has 0 unspecified atom stereocenters. The largest absolute Gasteiger partial charge is 0.456 e. The Bertz CT molecular complexity index is 2750. The summed E-state index contributed by atoms with van der Waals surface area (Å²) in [5.41, 5.74) is 9.84. The molecule has 0 amide bonds. The van der Waals surface area contributed by atoms with E-state index in [1.54, 1.807) is 0 Å². The number of oxazole rings is 1. The van der Waals surface area contributed by atoms with Crippen molar-refractivity contribution in [3.8, 4) is 28.3 Å². The van der Waals surface area contributed by atoms with E-state index in [1.807, 2.05) is 18.2 Å². The van der Waals surface area contributed by atoms with E-state index < -0.39 is 0 Å². The second-order valence-corrected chi connectivity index (χ2v) is 11.6. The van der Waals surface area contributed by atoms with Crippen molar-refractivity contribution in [2.45, 2.75) is 0 Å². The predicted molar refractivity (Wildman–Crippen MR) is 184 cm³/mol. The predicted octanol–water partition coefficient (Wildman–Crippen LogP) is 11.3. The summed E-state index contributed by atoms with van der Waals surface area (Å²) in [6, 6.07) is 50.9. The van der Waals surface area contributed by atoms with E-state index in [2.05, 4.69) is 132 Å². The van der Waals surface area contributed by atoms with Gasteiger partial charge in [-0.2, -0.15) is 0 Å². The lowest BCUT2D eigenvalue weighted by atomic mass is 10.0. The summed E-state index contributed by atoms with van der Waals surface area (Å²) in [4.78, 5) is 4.90. The van der Waals surface area contributed by atoms with Gasteiger partial charge < -0.3 is 13.4 Å². The van der Waals surface area contributed by atoms with Crippen LogP contribution in [0.2, 0.25) is 0 Å². The fourth-order valence-corrected chi connectivity index (χ4v) is 6.95. The summed E-state index contributed by atoms with van der Waals surface area (Å²) in [5.74, 6) is 0.590. The van der Waals surface area contributed by atoms with Crippen molar-refractivity contribution in [1.29, 1.82) is 0 Å². The van der Waals surface area contributed by atoms with Crippen molar-refractivity contribution < 1.29 is 8.83 Å². The zero-order valence-corrected chi connectivity index (χ0v) is 24.1. The van der Waals surface area contributed by atoms with Crippen molar-refractivity contribution in [3.05, 3.63) is 146 Å². The number of fused-ring (bicyclic) bond motifs is 10. The lowest BCUT2D eigenvalue weighted by Crippen LogP contribution is -1.93. The molecule has 10 rings (SSSR count). The highest BCUT2D eigenvalue weighted by Gasteiger charge is 2.18. The van der Waals surface area contributed by atoms with Gasteiger partial charge in [-0.05, 0) is 82.6 Å². The van der Waals surface area contributed by atoms with Crippen LogP contribution in [0.25, 0.3) is 93.9 Å². The second kappa shape index (κ2) is 9.18. The Morgan fingerprint density at radius 2 is 1.24 bits per heavy atom. The summed E-state index contributed by atoms with van der Waals surface area (Å²) in [5, 5.41) is 7.01. The van der Waals surface area contributed by atoms with Crippen LogP contribution >= 0.6 is 0 Å². The third-order valence-corrected chi connectivity index (χ3v) is 9.03. The minimum atomic E-state index is 0.590. The normalized spacial score (nSPS) is 12.0. The van der Waals surface area contributed by atoms with Gasteiger partial charge in [-0.3, -0.25) is 0 Å². The van der Waals surface area contributed by atoms with Crippen LogP contribution in [0, 0.1) is 0 Å². The first-order valence-electron chi connectivity index (χ1n) is 15.1. The quantitative estimate of drug-likeness (QED) is 0.210. The van der Waals surface area contributed by atoms with Crippen molar-refractivity contribution in [2.75, 3.05) is 0 Å². The van der Waals surface area contributed by atoms with Gasteiger partial charge >= 0.3 is 0 Å². The molecule has 0 bridgehead atoms. The fourth-order valence-electron chi connectivity index (χ4n) is 6.95. The van der Waals surface area contributed by atoms with E-state index in [4.69, 9.17) is 13.8 Å². The van der Waals surface area contributed by atoms with Crippen molar-refractivity contribution in [2.24, 2.45) is 0 Å². The highest BCUT2D eigenvalue weighted by molar-refractivity contribution is 6.21. The number of nitrogens with zero attached hydrogens (tertiary/aromatic N) is 2. The molecule has 0 atom stereocenters. The molecular formula is C41H24N2O2. The first kappa shape index (κ1) is 24.3. The van der Waals surface area contributed by atoms with Crippen molar-refractivity contribution in [1.82, 2.24) is 9.55 Å². The minimum absolute atomic E-state index is 0.590. The summed E-state index contributed by atoms with van der Waals surface area (Å²) >= 11 is 0. The van der Waals surface area contributed by atoms with Crippen molar-refractivity contribution >= 4 is 65.6 Å². The maximum Gasteiger partial charge on any atom is 0.227 e.